The highest BCUT2D eigenvalue weighted by atomic mass is 35.5. The van der Waals surface area contributed by atoms with Gasteiger partial charge in [0.1, 0.15) is 12.1 Å². The molecule has 0 bridgehead atoms. The average molecular weight is 304 g/mol. The Kier molecular flexibility index (Phi) is 3.79. The van der Waals surface area contributed by atoms with E-state index in [9.17, 15) is 4.39 Å². The molecule has 0 unspecified atom stereocenters. The number of rotatable bonds is 4. The Morgan fingerprint density at radius 1 is 1.14 bits per heavy atom. The lowest BCUT2D eigenvalue weighted by molar-refractivity contribution is 0.613. The predicted molar refractivity (Wildman–Crippen MR) is 77.9 cm³/mol. The van der Waals surface area contributed by atoms with Crippen LogP contribution in [0.5, 0.6) is 0 Å². The normalized spacial score (nSPS) is 10.6. The van der Waals surface area contributed by atoms with E-state index in [0.717, 1.165) is 11.4 Å². The average Bonchev–Trinajstić information content (AvgIpc) is 3.03. The van der Waals surface area contributed by atoms with Gasteiger partial charge >= 0.3 is 0 Å². The van der Waals surface area contributed by atoms with Gasteiger partial charge in [0.2, 0.25) is 0 Å². The van der Waals surface area contributed by atoms with E-state index in [-0.39, 0.29) is 5.82 Å². The van der Waals surface area contributed by atoms with Gasteiger partial charge in [-0.1, -0.05) is 11.6 Å². The zero-order valence-electron chi connectivity index (χ0n) is 10.9. The fraction of sp³-hybridized carbons (Fsp3) is 0.0714. The zero-order valence-corrected chi connectivity index (χ0v) is 11.6. The van der Waals surface area contributed by atoms with Crippen molar-refractivity contribution in [3.63, 3.8) is 0 Å². The van der Waals surface area contributed by atoms with Gasteiger partial charge < -0.3 is 5.32 Å². The summed E-state index contributed by atoms with van der Waals surface area (Å²) >= 11 is 5.86. The van der Waals surface area contributed by atoms with Crippen LogP contribution in [0.3, 0.4) is 0 Å². The Balaban J connectivity index is 1.70. The van der Waals surface area contributed by atoms with Crippen molar-refractivity contribution < 1.29 is 4.39 Å². The van der Waals surface area contributed by atoms with Crippen LogP contribution in [0, 0.1) is 5.82 Å². The van der Waals surface area contributed by atoms with Gasteiger partial charge in [-0.05, 0) is 52.9 Å². The quantitative estimate of drug-likeness (QED) is 0.805. The van der Waals surface area contributed by atoms with Gasteiger partial charge in [0.15, 0.2) is 0 Å². The summed E-state index contributed by atoms with van der Waals surface area (Å²) in [5.74, 6) is -0.280. The van der Waals surface area contributed by atoms with Crippen LogP contribution in [-0.2, 0) is 6.54 Å². The number of nitrogens with one attached hydrogen (secondary N) is 1. The number of hydrogen-bond donors (Lipinski definition) is 1. The third kappa shape index (κ3) is 3.17. The van der Waals surface area contributed by atoms with E-state index < -0.39 is 0 Å². The van der Waals surface area contributed by atoms with Gasteiger partial charge in [-0.3, -0.25) is 0 Å². The smallest absolute Gasteiger partial charge is 0.143 e. The Morgan fingerprint density at radius 2 is 1.95 bits per heavy atom. The van der Waals surface area contributed by atoms with Gasteiger partial charge in [0.25, 0.3) is 0 Å². The molecule has 3 aromatic rings. The maximum Gasteiger partial charge on any atom is 0.143 e. The Bertz CT molecular complexity index is 728. The molecular weight excluding hydrogens is 293 g/mol. The molecule has 0 amide bonds. The molecule has 7 heteroatoms. The van der Waals surface area contributed by atoms with Gasteiger partial charge in [-0.15, -0.1) is 5.10 Å². The van der Waals surface area contributed by atoms with Crippen LogP contribution in [0.4, 0.5) is 10.1 Å². The molecule has 1 heterocycles. The maximum absolute atomic E-state index is 13.6. The minimum atomic E-state index is -0.280. The summed E-state index contributed by atoms with van der Waals surface area (Å²) in [6.45, 7) is 0.358. The molecule has 21 heavy (non-hydrogen) atoms. The van der Waals surface area contributed by atoms with E-state index in [4.69, 9.17) is 11.6 Å². The minimum Gasteiger partial charge on any atom is -0.381 e. The van der Waals surface area contributed by atoms with E-state index in [1.807, 2.05) is 24.3 Å². The Labute approximate surface area is 125 Å². The van der Waals surface area contributed by atoms with Crippen molar-refractivity contribution >= 4 is 17.3 Å². The largest absolute Gasteiger partial charge is 0.381 e. The second kappa shape index (κ2) is 5.88. The highest BCUT2D eigenvalue weighted by Gasteiger charge is 2.03. The lowest BCUT2D eigenvalue weighted by Crippen LogP contribution is -2.02. The molecule has 0 saturated carbocycles. The predicted octanol–water partition coefficient (Wildman–Crippen LogP) is 3.07. The highest BCUT2D eigenvalue weighted by molar-refractivity contribution is 6.30. The number of tetrazole rings is 1. The van der Waals surface area contributed by atoms with Crippen LogP contribution in [0.2, 0.25) is 5.02 Å². The first kappa shape index (κ1) is 13.5. The molecule has 0 radical (unpaired) electrons. The summed E-state index contributed by atoms with van der Waals surface area (Å²) in [6, 6.07) is 12.0. The molecule has 0 aliphatic heterocycles. The first-order chi connectivity index (χ1) is 10.2. The van der Waals surface area contributed by atoms with Crippen LogP contribution in [-0.4, -0.2) is 20.2 Å². The van der Waals surface area contributed by atoms with Crippen LogP contribution in [0.1, 0.15) is 5.56 Å². The van der Waals surface area contributed by atoms with E-state index >= 15 is 0 Å². The van der Waals surface area contributed by atoms with E-state index in [2.05, 4.69) is 20.8 Å². The number of nitrogens with zero attached hydrogens (tertiary/aromatic N) is 4. The Hall–Kier alpha value is -2.47. The van der Waals surface area contributed by atoms with Crippen molar-refractivity contribution in [1.29, 1.82) is 0 Å². The van der Waals surface area contributed by atoms with E-state index in [0.29, 0.717) is 17.1 Å². The number of benzene rings is 2. The standard InChI is InChI=1S/C14H11ClFN5/c15-11-1-6-14(16)10(7-11)8-17-12-2-4-13(5-3-12)21-9-18-19-20-21/h1-7,9,17H,8H2. The van der Waals surface area contributed by atoms with Gasteiger partial charge in [0, 0.05) is 22.8 Å². The van der Waals surface area contributed by atoms with Crippen LogP contribution in [0.25, 0.3) is 5.69 Å². The van der Waals surface area contributed by atoms with Crippen molar-refractivity contribution in [1.82, 2.24) is 20.2 Å². The monoisotopic (exact) mass is 303 g/mol. The van der Waals surface area contributed by atoms with Crippen molar-refractivity contribution in [2.24, 2.45) is 0 Å². The summed E-state index contributed by atoms with van der Waals surface area (Å²) in [4.78, 5) is 0. The van der Waals surface area contributed by atoms with Crippen LogP contribution < -0.4 is 5.32 Å². The number of halogens is 2. The molecule has 0 spiro atoms. The van der Waals surface area contributed by atoms with Crippen molar-refractivity contribution in [3.05, 3.63) is 65.2 Å². The second-order valence-corrected chi connectivity index (χ2v) is 4.83. The molecule has 0 atom stereocenters. The molecule has 3 rings (SSSR count). The molecular formula is C14H11ClFN5. The van der Waals surface area contributed by atoms with Crippen molar-refractivity contribution in [2.75, 3.05) is 5.32 Å². The van der Waals surface area contributed by atoms with Crippen LogP contribution in [0.15, 0.2) is 48.8 Å². The van der Waals surface area contributed by atoms with Crippen molar-refractivity contribution in [3.8, 4) is 5.69 Å². The SMILES string of the molecule is Fc1ccc(Cl)cc1CNc1ccc(-n2cnnn2)cc1. The van der Waals surface area contributed by atoms with Gasteiger partial charge in [0.05, 0.1) is 5.69 Å². The lowest BCUT2D eigenvalue weighted by atomic mass is 10.2. The molecule has 106 valence electrons. The summed E-state index contributed by atoms with van der Waals surface area (Å²) in [7, 11) is 0. The van der Waals surface area contributed by atoms with E-state index in [1.54, 1.807) is 10.7 Å². The Morgan fingerprint density at radius 3 is 2.67 bits per heavy atom. The topological polar surface area (TPSA) is 55.6 Å². The lowest BCUT2D eigenvalue weighted by Gasteiger charge is -2.08. The molecule has 0 saturated heterocycles. The maximum atomic E-state index is 13.6. The van der Waals surface area contributed by atoms with E-state index in [1.165, 1.54) is 18.5 Å². The number of anilines is 1. The molecule has 0 aliphatic carbocycles. The zero-order chi connectivity index (χ0) is 14.7. The number of aromatic nitrogens is 4. The summed E-state index contributed by atoms with van der Waals surface area (Å²) in [6.07, 6.45) is 1.52. The third-order valence-corrected chi connectivity index (χ3v) is 3.21. The summed E-state index contributed by atoms with van der Waals surface area (Å²) in [5, 5.41) is 14.6. The molecule has 2 aromatic carbocycles. The summed E-state index contributed by atoms with van der Waals surface area (Å²) in [5.41, 5.74) is 2.23. The second-order valence-electron chi connectivity index (χ2n) is 4.39. The molecule has 1 aromatic heterocycles. The summed E-state index contributed by atoms with van der Waals surface area (Å²) < 4.78 is 15.2. The first-order valence-corrected chi connectivity index (χ1v) is 6.61. The fourth-order valence-corrected chi connectivity index (χ4v) is 2.08. The molecule has 0 fully saturated rings. The molecule has 1 N–H and O–H groups in total. The minimum absolute atomic E-state index is 0.280. The van der Waals surface area contributed by atoms with Crippen LogP contribution >= 0.6 is 11.6 Å². The third-order valence-electron chi connectivity index (χ3n) is 2.97. The number of hydrogen-bond acceptors (Lipinski definition) is 4. The first-order valence-electron chi connectivity index (χ1n) is 6.23. The van der Waals surface area contributed by atoms with Crippen molar-refractivity contribution in [2.45, 2.75) is 6.54 Å². The highest BCUT2D eigenvalue weighted by Crippen LogP contribution is 2.17. The molecule has 0 aliphatic rings. The fourth-order valence-electron chi connectivity index (χ4n) is 1.89. The van der Waals surface area contributed by atoms with Gasteiger partial charge in [-0.2, -0.15) is 0 Å². The van der Waals surface area contributed by atoms with Gasteiger partial charge in [-0.25, -0.2) is 9.07 Å². The molecule has 5 nitrogen and oxygen atoms in total.